The van der Waals surface area contributed by atoms with Crippen LogP contribution in [-0.2, 0) is 19.5 Å². The average molecular weight is 517 g/mol. The maximum atomic E-state index is 12.9. The standard InChI is InChI=1S/C29H32N4O5/c1-29(2,17-30-26(34)18-7-13-22-23(15-18)33(4)28(36)32(22)3)20-9-11-21(12-10-20)31-27(35)19-8-14-24(37-5)25(16-19)38-6/h7-16H,17H2,1-6H3,(H,30,34)(H,31,35). The Bertz CT molecular complexity index is 1560. The number of nitrogens with zero attached hydrogens (tertiary/aromatic N) is 2. The van der Waals surface area contributed by atoms with E-state index in [0.717, 1.165) is 11.1 Å². The summed E-state index contributed by atoms with van der Waals surface area (Å²) in [5.74, 6) is 0.550. The molecule has 1 aromatic heterocycles. The fraction of sp³-hybridized carbons (Fsp3) is 0.276. The minimum absolute atomic E-state index is 0.137. The number of carbonyl (C=O) groups is 2. The number of amides is 2. The molecule has 2 amide bonds. The van der Waals surface area contributed by atoms with Gasteiger partial charge in [0.15, 0.2) is 11.5 Å². The zero-order valence-electron chi connectivity index (χ0n) is 22.4. The molecule has 0 aliphatic carbocycles. The van der Waals surface area contributed by atoms with Gasteiger partial charge in [0.25, 0.3) is 11.8 Å². The van der Waals surface area contributed by atoms with Gasteiger partial charge in [-0.1, -0.05) is 26.0 Å². The maximum Gasteiger partial charge on any atom is 0.328 e. The highest BCUT2D eigenvalue weighted by atomic mass is 16.5. The Morgan fingerprint density at radius 2 is 1.39 bits per heavy atom. The number of nitrogens with one attached hydrogen (secondary N) is 2. The Hall–Kier alpha value is -4.53. The number of carbonyl (C=O) groups excluding carboxylic acids is 2. The zero-order valence-corrected chi connectivity index (χ0v) is 22.4. The zero-order chi connectivity index (χ0) is 27.6. The number of rotatable bonds is 8. The second kappa shape index (κ2) is 10.5. The van der Waals surface area contributed by atoms with Gasteiger partial charge in [0, 0.05) is 42.9 Å². The number of aryl methyl sites for hydroxylation is 2. The van der Waals surface area contributed by atoms with Crippen LogP contribution in [0.2, 0.25) is 0 Å². The summed E-state index contributed by atoms with van der Waals surface area (Å²) in [6.07, 6.45) is 0. The summed E-state index contributed by atoms with van der Waals surface area (Å²) in [6, 6.07) is 17.8. The number of aromatic nitrogens is 2. The predicted molar refractivity (Wildman–Crippen MR) is 147 cm³/mol. The van der Waals surface area contributed by atoms with Crippen LogP contribution < -0.4 is 25.8 Å². The van der Waals surface area contributed by atoms with Crippen molar-refractivity contribution in [1.82, 2.24) is 14.5 Å². The number of benzene rings is 3. The van der Waals surface area contributed by atoms with Crippen molar-refractivity contribution in [2.75, 3.05) is 26.1 Å². The van der Waals surface area contributed by atoms with Gasteiger partial charge in [-0.2, -0.15) is 0 Å². The van der Waals surface area contributed by atoms with Crippen molar-refractivity contribution in [3.63, 3.8) is 0 Å². The van der Waals surface area contributed by atoms with Crippen LogP contribution in [0.5, 0.6) is 11.5 Å². The molecule has 9 nitrogen and oxygen atoms in total. The fourth-order valence-electron chi connectivity index (χ4n) is 4.34. The number of imidazole rings is 1. The quantitative estimate of drug-likeness (QED) is 0.370. The Balaban J connectivity index is 1.41. The minimum atomic E-state index is -0.370. The second-order valence-corrected chi connectivity index (χ2v) is 9.77. The van der Waals surface area contributed by atoms with Crippen molar-refractivity contribution in [2.24, 2.45) is 14.1 Å². The third-order valence-corrected chi connectivity index (χ3v) is 6.80. The molecule has 0 radical (unpaired) electrons. The monoisotopic (exact) mass is 516 g/mol. The van der Waals surface area contributed by atoms with Gasteiger partial charge in [0.05, 0.1) is 25.3 Å². The lowest BCUT2D eigenvalue weighted by atomic mass is 9.84. The van der Waals surface area contributed by atoms with E-state index in [9.17, 15) is 14.4 Å². The SMILES string of the molecule is COc1ccc(C(=O)Nc2ccc(C(C)(C)CNC(=O)c3ccc4c(c3)n(C)c(=O)n4C)cc2)cc1OC. The summed E-state index contributed by atoms with van der Waals surface area (Å²) >= 11 is 0. The molecule has 0 aliphatic rings. The number of hydrogen-bond donors (Lipinski definition) is 2. The largest absolute Gasteiger partial charge is 0.493 e. The molecule has 3 aromatic carbocycles. The lowest BCUT2D eigenvalue weighted by molar-refractivity contribution is 0.0945. The van der Waals surface area contributed by atoms with Crippen molar-refractivity contribution in [3.05, 3.63) is 87.8 Å². The van der Waals surface area contributed by atoms with E-state index in [4.69, 9.17) is 9.47 Å². The van der Waals surface area contributed by atoms with Crippen molar-refractivity contribution < 1.29 is 19.1 Å². The average Bonchev–Trinajstić information content (AvgIpc) is 3.14. The van der Waals surface area contributed by atoms with Crippen LogP contribution in [0.3, 0.4) is 0 Å². The first-order valence-corrected chi connectivity index (χ1v) is 12.1. The normalized spacial score (nSPS) is 11.3. The molecule has 4 aromatic rings. The summed E-state index contributed by atoms with van der Waals surface area (Å²) in [5.41, 5.74) is 3.56. The van der Waals surface area contributed by atoms with Crippen molar-refractivity contribution >= 4 is 28.5 Å². The van der Waals surface area contributed by atoms with Gasteiger partial charge in [0.1, 0.15) is 0 Å². The van der Waals surface area contributed by atoms with E-state index in [0.29, 0.717) is 40.4 Å². The summed E-state index contributed by atoms with van der Waals surface area (Å²) in [6.45, 7) is 4.47. The second-order valence-electron chi connectivity index (χ2n) is 9.77. The highest BCUT2D eigenvalue weighted by Crippen LogP contribution is 2.28. The van der Waals surface area contributed by atoms with Gasteiger partial charge >= 0.3 is 5.69 Å². The van der Waals surface area contributed by atoms with Crippen LogP contribution in [0.15, 0.2) is 65.5 Å². The molecular weight excluding hydrogens is 484 g/mol. The molecule has 0 saturated heterocycles. The van der Waals surface area contributed by atoms with Gasteiger partial charge in [-0.3, -0.25) is 18.7 Å². The first-order valence-electron chi connectivity index (χ1n) is 12.1. The number of hydrogen-bond acceptors (Lipinski definition) is 5. The van der Waals surface area contributed by atoms with Gasteiger partial charge in [0.2, 0.25) is 0 Å². The molecule has 38 heavy (non-hydrogen) atoms. The first-order chi connectivity index (χ1) is 18.1. The van der Waals surface area contributed by atoms with Crippen LogP contribution in [0.4, 0.5) is 5.69 Å². The topological polar surface area (TPSA) is 104 Å². The molecule has 198 valence electrons. The Morgan fingerprint density at radius 3 is 2.05 bits per heavy atom. The third-order valence-electron chi connectivity index (χ3n) is 6.80. The Morgan fingerprint density at radius 1 is 0.789 bits per heavy atom. The third kappa shape index (κ3) is 5.13. The molecule has 0 unspecified atom stereocenters. The summed E-state index contributed by atoms with van der Waals surface area (Å²) in [4.78, 5) is 37.8. The van der Waals surface area contributed by atoms with E-state index < -0.39 is 0 Å². The molecule has 0 fully saturated rings. The Labute approximate surface area is 221 Å². The van der Waals surface area contributed by atoms with Crippen molar-refractivity contribution in [1.29, 1.82) is 0 Å². The number of anilines is 1. The van der Waals surface area contributed by atoms with Crippen LogP contribution in [0.25, 0.3) is 11.0 Å². The lowest BCUT2D eigenvalue weighted by Crippen LogP contribution is -2.36. The van der Waals surface area contributed by atoms with Crippen molar-refractivity contribution in [3.8, 4) is 11.5 Å². The van der Waals surface area contributed by atoms with Crippen LogP contribution in [0, 0.1) is 0 Å². The number of fused-ring (bicyclic) bond motifs is 1. The Kier molecular flexibility index (Phi) is 7.30. The highest BCUT2D eigenvalue weighted by Gasteiger charge is 2.22. The maximum absolute atomic E-state index is 12.9. The number of ether oxygens (including phenoxy) is 2. The van der Waals surface area contributed by atoms with Gasteiger partial charge in [-0.15, -0.1) is 0 Å². The molecule has 0 atom stereocenters. The van der Waals surface area contributed by atoms with E-state index >= 15 is 0 Å². The lowest BCUT2D eigenvalue weighted by Gasteiger charge is -2.26. The van der Waals surface area contributed by atoms with E-state index in [-0.39, 0.29) is 22.9 Å². The predicted octanol–water partition coefficient (Wildman–Crippen LogP) is 3.85. The van der Waals surface area contributed by atoms with Crippen molar-refractivity contribution in [2.45, 2.75) is 19.3 Å². The molecule has 0 spiro atoms. The van der Waals surface area contributed by atoms with Gasteiger partial charge < -0.3 is 20.1 Å². The molecule has 0 saturated carbocycles. The molecule has 0 aliphatic heterocycles. The van der Waals surface area contributed by atoms with E-state index in [1.807, 2.05) is 38.1 Å². The fourth-order valence-corrected chi connectivity index (χ4v) is 4.34. The van der Waals surface area contributed by atoms with Crippen LogP contribution >= 0.6 is 0 Å². The summed E-state index contributed by atoms with van der Waals surface area (Å²) in [5, 5.41) is 5.90. The molecule has 0 bridgehead atoms. The molecular formula is C29H32N4O5. The van der Waals surface area contributed by atoms with Crippen LogP contribution in [0.1, 0.15) is 40.1 Å². The smallest absolute Gasteiger partial charge is 0.328 e. The highest BCUT2D eigenvalue weighted by molar-refractivity contribution is 6.04. The number of methoxy groups -OCH3 is 2. The summed E-state index contributed by atoms with van der Waals surface area (Å²) < 4.78 is 13.6. The molecule has 1 heterocycles. The van der Waals surface area contributed by atoms with Gasteiger partial charge in [-0.25, -0.2) is 4.79 Å². The van der Waals surface area contributed by atoms with E-state index in [2.05, 4.69) is 10.6 Å². The summed E-state index contributed by atoms with van der Waals surface area (Å²) in [7, 11) is 6.46. The molecule has 9 heteroatoms. The van der Waals surface area contributed by atoms with Crippen LogP contribution in [-0.4, -0.2) is 41.7 Å². The minimum Gasteiger partial charge on any atom is -0.493 e. The van der Waals surface area contributed by atoms with E-state index in [1.165, 1.54) is 11.7 Å². The molecule has 2 N–H and O–H groups in total. The van der Waals surface area contributed by atoms with E-state index in [1.54, 1.807) is 62.2 Å². The van der Waals surface area contributed by atoms with Gasteiger partial charge in [-0.05, 0) is 54.1 Å². The molecule has 4 rings (SSSR count). The first kappa shape index (κ1) is 26.5.